The molecule has 0 aromatic carbocycles. The number of nitrogen functional groups attached to an aromatic ring is 1. The van der Waals surface area contributed by atoms with Crippen LogP contribution in [0.4, 0.5) is 5.13 Å². The van der Waals surface area contributed by atoms with Crippen molar-refractivity contribution >= 4 is 16.5 Å². The van der Waals surface area contributed by atoms with Crippen molar-refractivity contribution in [1.82, 2.24) is 10.3 Å². The van der Waals surface area contributed by atoms with E-state index in [-0.39, 0.29) is 0 Å². The number of aromatic nitrogens is 1. The molecule has 3 N–H and O–H groups in total. The lowest BCUT2D eigenvalue weighted by Crippen LogP contribution is -2.27. The fourth-order valence-electron chi connectivity index (χ4n) is 2.69. The highest BCUT2D eigenvalue weighted by Crippen LogP contribution is 2.48. The van der Waals surface area contributed by atoms with Gasteiger partial charge in [-0.05, 0) is 50.0 Å². The third kappa shape index (κ3) is 3.19. The molecule has 17 heavy (non-hydrogen) atoms. The quantitative estimate of drug-likeness (QED) is 0.731. The zero-order valence-corrected chi connectivity index (χ0v) is 11.0. The molecule has 0 unspecified atom stereocenters. The van der Waals surface area contributed by atoms with Gasteiger partial charge in [0.05, 0.1) is 5.69 Å². The van der Waals surface area contributed by atoms with Crippen LogP contribution in [-0.2, 0) is 6.42 Å². The van der Waals surface area contributed by atoms with Crippen LogP contribution in [-0.4, -0.2) is 18.1 Å². The van der Waals surface area contributed by atoms with E-state index in [9.17, 15) is 0 Å². The fraction of sp³-hybridized carbons (Fsp3) is 0.769. The Labute approximate surface area is 107 Å². The van der Waals surface area contributed by atoms with Crippen molar-refractivity contribution in [3.63, 3.8) is 0 Å². The van der Waals surface area contributed by atoms with Gasteiger partial charge in [-0.1, -0.05) is 0 Å². The third-order valence-electron chi connectivity index (χ3n) is 3.96. The molecule has 2 aliphatic rings. The van der Waals surface area contributed by atoms with Gasteiger partial charge in [0.1, 0.15) is 0 Å². The summed E-state index contributed by atoms with van der Waals surface area (Å²) in [6.07, 6.45) is 6.92. The number of hydrogen-bond donors (Lipinski definition) is 2. The lowest BCUT2D eigenvalue weighted by atomic mass is 9.98. The molecule has 0 amide bonds. The molecule has 1 heterocycles. The number of rotatable bonds is 7. The summed E-state index contributed by atoms with van der Waals surface area (Å²) >= 11 is 1.54. The zero-order valence-electron chi connectivity index (χ0n) is 10.2. The highest BCUT2D eigenvalue weighted by Gasteiger charge is 2.40. The second-order valence-electron chi connectivity index (χ2n) is 5.47. The van der Waals surface area contributed by atoms with Gasteiger partial charge in [0, 0.05) is 18.3 Å². The first-order chi connectivity index (χ1) is 8.33. The molecule has 2 saturated carbocycles. The molecule has 4 heteroatoms. The van der Waals surface area contributed by atoms with Crippen LogP contribution < -0.4 is 11.1 Å². The number of nitrogens with two attached hydrogens (primary N) is 1. The average Bonchev–Trinajstić information content (AvgIpc) is 3.20. The Bertz CT molecular complexity index is 356. The lowest BCUT2D eigenvalue weighted by molar-refractivity contribution is 0.380. The van der Waals surface area contributed by atoms with Crippen molar-refractivity contribution in [3.8, 4) is 0 Å². The van der Waals surface area contributed by atoms with Gasteiger partial charge in [0.25, 0.3) is 0 Å². The van der Waals surface area contributed by atoms with Crippen LogP contribution >= 0.6 is 11.3 Å². The summed E-state index contributed by atoms with van der Waals surface area (Å²) in [6, 6.07) is 0. The normalized spacial score (nSPS) is 20.1. The molecule has 0 spiro atoms. The standard InChI is InChI=1S/C13H21N3S/c14-13-16-11(8-17-13)5-6-15-7-12(9-1-2-9)10-3-4-10/h8-10,12,15H,1-7H2,(H2,14,16). The summed E-state index contributed by atoms with van der Waals surface area (Å²) in [4.78, 5) is 4.28. The Morgan fingerprint density at radius 1 is 1.35 bits per heavy atom. The predicted molar refractivity (Wildman–Crippen MR) is 72.0 cm³/mol. The molecule has 0 aliphatic heterocycles. The minimum absolute atomic E-state index is 0.689. The van der Waals surface area contributed by atoms with Gasteiger partial charge in [-0.15, -0.1) is 11.3 Å². The van der Waals surface area contributed by atoms with Crippen molar-refractivity contribution in [3.05, 3.63) is 11.1 Å². The van der Waals surface area contributed by atoms with Crippen LogP contribution in [0.3, 0.4) is 0 Å². The maximum atomic E-state index is 5.61. The van der Waals surface area contributed by atoms with E-state index < -0.39 is 0 Å². The Kier molecular flexibility index (Phi) is 3.34. The molecule has 0 saturated heterocycles. The number of nitrogens with zero attached hydrogens (tertiary/aromatic N) is 1. The largest absolute Gasteiger partial charge is 0.375 e. The number of hydrogen-bond acceptors (Lipinski definition) is 4. The molecule has 3 nitrogen and oxygen atoms in total. The number of nitrogens with one attached hydrogen (secondary N) is 1. The topological polar surface area (TPSA) is 50.9 Å². The minimum atomic E-state index is 0.689. The number of thiazole rings is 1. The van der Waals surface area contributed by atoms with Gasteiger partial charge < -0.3 is 11.1 Å². The van der Waals surface area contributed by atoms with Crippen molar-refractivity contribution in [1.29, 1.82) is 0 Å². The lowest BCUT2D eigenvalue weighted by Gasteiger charge is -2.15. The van der Waals surface area contributed by atoms with E-state index in [1.807, 2.05) is 0 Å². The smallest absolute Gasteiger partial charge is 0.180 e. The number of anilines is 1. The first-order valence-corrected chi connectivity index (χ1v) is 7.61. The van der Waals surface area contributed by atoms with Crippen LogP contribution in [0.25, 0.3) is 0 Å². The molecule has 2 aliphatic carbocycles. The summed E-state index contributed by atoms with van der Waals surface area (Å²) in [5.74, 6) is 3.06. The molecule has 3 rings (SSSR count). The predicted octanol–water partition coefficient (Wildman–Crippen LogP) is 2.29. The van der Waals surface area contributed by atoms with Crippen molar-refractivity contribution in [2.75, 3.05) is 18.8 Å². The Balaban J connectivity index is 1.36. The third-order valence-corrected chi connectivity index (χ3v) is 4.69. The maximum Gasteiger partial charge on any atom is 0.180 e. The Morgan fingerprint density at radius 2 is 2.06 bits per heavy atom. The fourth-order valence-corrected chi connectivity index (χ4v) is 3.29. The van der Waals surface area contributed by atoms with Gasteiger partial charge in [-0.3, -0.25) is 0 Å². The first-order valence-electron chi connectivity index (χ1n) is 6.73. The van der Waals surface area contributed by atoms with Crippen LogP contribution in [0.2, 0.25) is 0 Å². The molecule has 1 aromatic rings. The summed E-state index contributed by atoms with van der Waals surface area (Å²) in [5, 5.41) is 6.36. The van der Waals surface area contributed by atoms with E-state index in [2.05, 4.69) is 15.7 Å². The molecule has 94 valence electrons. The van der Waals surface area contributed by atoms with Crippen molar-refractivity contribution < 1.29 is 0 Å². The second-order valence-corrected chi connectivity index (χ2v) is 6.36. The highest BCUT2D eigenvalue weighted by molar-refractivity contribution is 7.13. The Morgan fingerprint density at radius 3 is 2.59 bits per heavy atom. The van der Waals surface area contributed by atoms with E-state index in [0.29, 0.717) is 5.13 Å². The Hall–Kier alpha value is -0.610. The van der Waals surface area contributed by atoms with Crippen LogP contribution in [0.1, 0.15) is 31.4 Å². The molecule has 2 fully saturated rings. The van der Waals surface area contributed by atoms with Gasteiger partial charge in [-0.25, -0.2) is 4.98 Å². The molecule has 0 bridgehead atoms. The maximum absolute atomic E-state index is 5.61. The van der Waals surface area contributed by atoms with Crippen LogP contribution in [0, 0.1) is 17.8 Å². The van der Waals surface area contributed by atoms with Crippen LogP contribution in [0.5, 0.6) is 0 Å². The summed E-state index contributed by atoms with van der Waals surface area (Å²) in [5.41, 5.74) is 6.75. The van der Waals surface area contributed by atoms with Gasteiger partial charge in [-0.2, -0.15) is 0 Å². The molecule has 0 atom stereocenters. The van der Waals surface area contributed by atoms with Crippen molar-refractivity contribution in [2.45, 2.75) is 32.1 Å². The van der Waals surface area contributed by atoms with E-state index in [4.69, 9.17) is 5.73 Å². The van der Waals surface area contributed by atoms with E-state index >= 15 is 0 Å². The summed E-state index contributed by atoms with van der Waals surface area (Å²) in [6.45, 7) is 2.26. The minimum Gasteiger partial charge on any atom is -0.375 e. The van der Waals surface area contributed by atoms with Crippen molar-refractivity contribution in [2.24, 2.45) is 17.8 Å². The SMILES string of the molecule is Nc1nc(CCNCC(C2CC2)C2CC2)cs1. The van der Waals surface area contributed by atoms with Gasteiger partial charge in [0.2, 0.25) is 0 Å². The van der Waals surface area contributed by atoms with Gasteiger partial charge in [0.15, 0.2) is 5.13 Å². The van der Waals surface area contributed by atoms with E-state index in [1.54, 1.807) is 0 Å². The molecule has 0 radical (unpaired) electrons. The monoisotopic (exact) mass is 251 g/mol. The zero-order chi connectivity index (χ0) is 11.7. The van der Waals surface area contributed by atoms with E-state index in [0.717, 1.165) is 36.4 Å². The van der Waals surface area contributed by atoms with Crippen LogP contribution in [0.15, 0.2) is 5.38 Å². The highest BCUT2D eigenvalue weighted by atomic mass is 32.1. The summed E-state index contributed by atoms with van der Waals surface area (Å²) < 4.78 is 0. The molecular weight excluding hydrogens is 230 g/mol. The summed E-state index contributed by atoms with van der Waals surface area (Å²) in [7, 11) is 0. The van der Waals surface area contributed by atoms with E-state index in [1.165, 1.54) is 43.6 Å². The second kappa shape index (κ2) is 4.94. The molecular formula is C13H21N3S. The first kappa shape index (κ1) is 11.5. The average molecular weight is 251 g/mol. The molecule has 1 aromatic heterocycles. The van der Waals surface area contributed by atoms with Gasteiger partial charge >= 0.3 is 0 Å².